The van der Waals surface area contributed by atoms with Gasteiger partial charge >= 0.3 is 11.9 Å². The van der Waals surface area contributed by atoms with Crippen LogP contribution in [0.3, 0.4) is 0 Å². The van der Waals surface area contributed by atoms with Gasteiger partial charge in [0, 0.05) is 35.8 Å². The number of Topliss-reactive ketones (excluding diaryl/α,β-unsaturated/α-hetero) is 2. The molecule has 2 heterocycles. The van der Waals surface area contributed by atoms with Crippen LogP contribution in [-0.2, 0) is 28.7 Å². The molecule has 0 saturated heterocycles. The molecule has 0 N–H and O–H groups in total. The smallest absolute Gasteiger partial charge is 0.334 e. The molecular formula is C30H34O6. The van der Waals surface area contributed by atoms with Crippen LogP contribution in [0, 0.1) is 35.5 Å². The molecule has 0 spiro atoms. The minimum absolute atomic E-state index is 0.0824. The molecule has 0 aromatic heterocycles. The molecule has 0 aromatic carbocycles. The summed E-state index contributed by atoms with van der Waals surface area (Å²) in [7, 11) is 0. The van der Waals surface area contributed by atoms with Gasteiger partial charge in [-0.05, 0) is 86.5 Å². The fraction of sp³-hybridized carbons (Fsp3) is 0.600. The summed E-state index contributed by atoms with van der Waals surface area (Å²) in [6, 6.07) is 0. The first kappa shape index (κ1) is 23.6. The molecule has 2 aliphatic heterocycles. The predicted molar refractivity (Wildman–Crippen MR) is 131 cm³/mol. The summed E-state index contributed by atoms with van der Waals surface area (Å²) in [5.74, 6) is -0.328. The Labute approximate surface area is 211 Å². The SMILES string of the molecule is CC1=C[C@H]2C3=C(C)C(=O)OC3([C@]34C[C@H](C)[C@H]5CC(=O)C(C)=C[C@H]5C3=C(C)C(=O)O4)C[C@H](C)[C@H]2CC1=O. The third-order valence-corrected chi connectivity index (χ3v) is 10.3. The van der Waals surface area contributed by atoms with Gasteiger partial charge in [0.2, 0.25) is 0 Å². The van der Waals surface area contributed by atoms with Gasteiger partial charge in [-0.2, -0.15) is 0 Å². The molecule has 0 bridgehead atoms. The first-order valence-electron chi connectivity index (χ1n) is 13.2. The molecule has 1 unspecified atom stereocenters. The number of ether oxygens (including phenoxy) is 2. The number of allylic oxidation sites excluding steroid dienone is 4. The number of hydrogen-bond donors (Lipinski definition) is 0. The van der Waals surface area contributed by atoms with Gasteiger partial charge in [-0.15, -0.1) is 0 Å². The molecule has 4 aliphatic carbocycles. The zero-order valence-electron chi connectivity index (χ0n) is 21.9. The number of carbonyl (C=O) groups is 4. The lowest BCUT2D eigenvalue weighted by Gasteiger charge is -2.58. The summed E-state index contributed by atoms with van der Waals surface area (Å²) >= 11 is 0. The zero-order chi connectivity index (χ0) is 25.9. The van der Waals surface area contributed by atoms with Crippen LogP contribution >= 0.6 is 0 Å². The molecule has 6 rings (SSSR count). The molecule has 2 saturated carbocycles. The van der Waals surface area contributed by atoms with Crippen molar-refractivity contribution in [1.82, 2.24) is 0 Å². The van der Waals surface area contributed by atoms with Crippen molar-refractivity contribution in [1.29, 1.82) is 0 Å². The van der Waals surface area contributed by atoms with E-state index in [1.165, 1.54) is 0 Å². The summed E-state index contributed by atoms with van der Waals surface area (Å²) in [5, 5.41) is 0. The van der Waals surface area contributed by atoms with Gasteiger partial charge < -0.3 is 9.47 Å². The highest BCUT2D eigenvalue weighted by molar-refractivity contribution is 5.99. The van der Waals surface area contributed by atoms with E-state index in [1.54, 1.807) is 0 Å². The molecule has 0 amide bonds. The number of esters is 2. The second-order valence-electron chi connectivity index (χ2n) is 12.2. The molecule has 0 aromatic rings. The Bertz CT molecular complexity index is 1180. The maximum Gasteiger partial charge on any atom is 0.334 e. The number of ketones is 2. The Balaban J connectivity index is 1.61. The monoisotopic (exact) mass is 490 g/mol. The van der Waals surface area contributed by atoms with Crippen molar-refractivity contribution in [2.45, 2.75) is 78.4 Å². The summed E-state index contributed by atoms with van der Waals surface area (Å²) in [5.41, 5.74) is 2.13. The first-order chi connectivity index (χ1) is 16.9. The van der Waals surface area contributed by atoms with Crippen molar-refractivity contribution < 1.29 is 28.7 Å². The summed E-state index contributed by atoms with van der Waals surface area (Å²) < 4.78 is 12.9. The average molecular weight is 491 g/mol. The maximum atomic E-state index is 13.3. The molecular weight excluding hydrogens is 456 g/mol. The van der Waals surface area contributed by atoms with Crippen LogP contribution in [0.4, 0.5) is 0 Å². The van der Waals surface area contributed by atoms with E-state index in [2.05, 4.69) is 13.8 Å². The highest BCUT2D eigenvalue weighted by Gasteiger charge is 2.73. The van der Waals surface area contributed by atoms with E-state index in [0.29, 0.717) is 48.0 Å². The summed E-state index contributed by atoms with van der Waals surface area (Å²) in [6.07, 6.45) is 5.95. The molecule has 0 radical (unpaired) electrons. The number of hydrogen-bond acceptors (Lipinski definition) is 6. The van der Waals surface area contributed by atoms with Crippen LogP contribution in [-0.4, -0.2) is 34.7 Å². The largest absolute Gasteiger partial charge is 0.446 e. The first-order valence-corrected chi connectivity index (χ1v) is 13.2. The minimum Gasteiger partial charge on any atom is -0.446 e. The van der Waals surface area contributed by atoms with E-state index in [0.717, 1.165) is 11.1 Å². The van der Waals surface area contributed by atoms with Crippen LogP contribution in [0.5, 0.6) is 0 Å². The lowest BCUT2D eigenvalue weighted by Crippen LogP contribution is -2.65. The van der Waals surface area contributed by atoms with Crippen molar-refractivity contribution in [2.75, 3.05) is 0 Å². The van der Waals surface area contributed by atoms with Crippen molar-refractivity contribution in [3.05, 3.63) is 45.6 Å². The highest BCUT2D eigenvalue weighted by Crippen LogP contribution is 2.66. The lowest BCUT2D eigenvalue weighted by molar-refractivity contribution is -0.201. The van der Waals surface area contributed by atoms with Crippen LogP contribution in [0.2, 0.25) is 0 Å². The lowest BCUT2D eigenvalue weighted by atomic mass is 9.49. The van der Waals surface area contributed by atoms with E-state index >= 15 is 0 Å². The fourth-order valence-corrected chi connectivity index (χ4v) is 8.57. The zero-order valence-corrected chi connectivity index (χ0v) is 21.9. The van der Waals surface area contributed by atoms with Crippen LogP contribution < -0.4 is 0 Å². The minimum atomic E-state index is -1.11. The number of rotatable bonds is 1. The molecule has 6 heteroatoms. The Morgan fingerprint density at radius 1 is 0.667 bits per heavy atom. The van der Waals surface area contributed by atoms with E-state index in [4.69, 9.17) is 9.47 Å². The number of fused-ring (bicyclic) bond motifs is 7. The van der Waals surface area contributed by atoms with Crippen LogP contribution in [0.25, 0.3) is 0 Å². The topological polar surface area (TPSA) is 86.7 Å². The quantitative estimate of drug-likeness (QED) is 0.500. The van der Waals surface area contributed by atoms with Crippen molar-refractivity contribution in [3.63, 3.8) is 0 Å². The average Bonchev–Trinajstić information content (AvgIpc) is 3.22. The Morgan fingerprint density at radius 2 is 1.03 bits per heavy atom. The molecule has 190 valence electrons. The van der Waals surface area contributed by atoms with Gasteiger partial charge in [-0.1, -0.05) is 26.0 Å². The third kappa shape index (κ3) is 2.73. The highest BCUT2D eigenvalue weighted by atomic mass is 16.6. The Morgan fingerprint density at radius 3 is 1.39 bits per heavy atom. The van der Waals surface area contributed by atoms with Crippen LogP contribution in [0.15, 0.2) is 45.6 Å². The molecule has 6 aliphatic rings. The van der Waals surface area contributed by atoms with E-state index in [-0.39, 0.29) is 59.0 Å². The van der Waals surface area contributed by atoms with Gasteiger partial charge in [0.15, 0.2) is 22.8 Å². The van der Waals surface area contributed by atoms with Crippen molar-refractivity contribution >= 4 is 23.5 Å². The van der Waals surface area contributed by atoms with Gasteiger partial charge in [0.25, 0.3) is 0 Å². The van der Waals surface area contributed by atoms with E-state index < -0.39 is 11.2 Å². The van der Waals surface area contributed by atoms with Crippen molar-refractivity contribution in [3.8, 4) is 0 Å². The van der Waals surface area contributed by atoms with Gasteiger partial charge in [0.1, 0.15) is 0 Å². The Hall–Kier alpha value is -2.76. The predicted octanol–water partition coefficient (Wildman–Crippen LogP) is 4.59. The summed E-state index contributed by atoms with van der Waals surface area (Å²) in [6.45, 7) is 11.6. The van der Waals surface area contributed by atoms with Gasteiger partial charge in [-0.25, -0.2) is 9.59 Å². The normalized spacial score (nSPS) is 43.8. The number of carbonyl (C=O) groups excluding carboxylic acids is 4. The van der Waals surface area contributed by atoms with Gasteiger partial charge in [-0.3, -0.25) is 9.59 Å². The fourth-order valence-electron chi connectivity index (χ4n) is 8.57. The molecule has 2 fully saturated rings. The van der Waals surface area contributed by atoms with Crippen molar-refractivity contribution in [2.24, 2.45) is 35.5 Å². The van der Waals surface area contributed by atoms with Gasteiger partial charge in [0.05, 0.1) is 0 Å². The molecule has 36 heavy (non-hydrogen) atoms. The third-order valence-electron chi connectivity index (χ3n) is 10.3. The van der Waals surface area contributed by atoms with Crippen LogP contribution in [0.1, 0.15) is 67.2 Å². The maximum absolute atomic E-state index is 13.3. The standard InChI is InChI=1S/C30H34O6/c1-13-7-21-19(9-23(13)31)15(3)11-29(25(21)17(5)27(33)35-29)30-12-16(4)20-10-24(32)14(2)8-22(20)26(30)18(6)28(34)36-30/h7-8,15-16,19-22H,9-12H2,1-6H3/t15-,16-,19+,20+,21+,22+,29-,30?/m0/s1. The van der Waals surface area contributed by atoms with E-state index in [1.807, 2.05) is 39.8 Å². The summed E-state index contributed by atoms with van der Waals surface area (Å²) in [4.78, 5) is 52.0. The Kier molecular flexibility index (Phi) is 4.85. The molecule has 6 nitrogen and oxygen atoms in total. The molecule has 8 atom stereocenters. The second-order valence-corrected chi connectivity index (χ2v) is 12.2. The van der Waals surface area contributed by atoms with E-state index in [9.17, 15) is 19.2 Å². The second kappa shape index (κ2) is 7.39.